The Hall–Kier alpha value is -0.440. The lowest BCUT2D eigenvalue weighted by molar-refractivity contribution is -0.121. The first-order valence-electron chi connectivity index (χ1n) is 5.57. The van der Waals surface area contributed by atoms with E-state index in [9.17, 15) is 13.2 Å². The van der Waals surface area contributed by atoms with Crippen LogP contribution in [0.3, 0.4) is 0 Å². The van der Waals surface area contributed by atoms with E-state index in [2.05, 4.69) is 31.9 Å². The lowest BCUT2D eigenvalue weighted by Gasteiger charge is -2.17. The fraction of sp³-hybridized carbons (Fsp3) is 0.364. The van der Waals surface area contributed by atoms with Crippen molar-refractivity contribution in [1.82, 2.24) is 4.31 Å². The summed E-state index contributed by atoms with van der Waals surface area (Å²) in [5, 5.41) is 0. The molecule has 0 aromatic heterocycles. The first-order chi connectivity index (χ1) is 8.82. The highest BCUT2D eigenvalue weighted by Gasteiger charge is 2.35. The number of carbonyl (C=O) groups is 1. The Kier molecular flexibility index (Phi) is 4.34. The molecule has 0 bridgehead atoms. The summed E-state index contributed by atoms with van der Waals surface area (Å²) in [4.78, 5) is 11.3. The third-order valence-electron chi connectivity index (χ3n) is 3.06. The fourth-order valence-electron chi connectivity index (χ4n) is 1.99. The van der Waals surface area contributed by atoms with Gasteiger partial charge in [0.2, 0.25) is 15.9 Å². The molecule has 5 nitrogen and oxygen atoms in total. The van der Waals surface area contributed by atoms with Gasteiger partial charge in [0.05, 0.1) is 10.8 Å². The Balaban J connectivity index is 2.33. The molecular formula is C11H12Br2N2O3S. The van der Waals surface area contributed by atoms with Crippen LogP contribution in [-0.2, 0) is 14.8 Å². The highest BCUT2D eigenvalue weighted by atomic mass is 79.9. The lowest BCUT2D eigenvalue weighted by atomic mass is 10.1. The zero-order valence-corrected chi connectivity index (χ0v) is 13.8. The fourth-order valence-corrected chi connectivity index (χ4v) is 4.96. The number of carbonyl (C=O) groups excluding carboxylic acids is 1. The van der Waals surface area contributed by atoms with Crippen LogP contribution in [0, 0.1) is 5.92 Å². The van der Waals surface area contributed by atoms with Gasteiger partial charge < -0.3 is 5.73 Å². The van der Waals surface area contributed by atoms with E-state index in [-0.39, 0.29) is 11.4 Å². The van der Waals surface area contributed by atoms with Crippen LogP contribution in [0.15, 0.2) is 32.0 Å². The number of nitrogens with zero attached hydrogens (tertiary/aromatic N) is 1. The standard InChI is InChI=1S/C11H12Br2N2O3S/c12-8-1-2-9(13)10(5-8)19(17,18)15-4-3-7(6-15)11(14)16/h1-2,5,7H,3-4,6H2,(H2,14,16). The second-order valence-corrected chi connectivity index (χ2v) is 8.00. The molecular weight excluding hydrogens is 400 g/mol. The maximum atomic E-state index is 12.5. The van der Waals surface area contributed by atoms with Crippen molar-refractivity contribution in [3.8, 4) is 0 Å². The van der Waals surface area contributed by atoms with Gasteiger partial charge in [-0.25, -0.2) is 8.42 Å². The third-order valence-corrected chi connectivity index (χ3v) is 6.42. The minimum absolute atomic E-state index is 0.149. The van der Waals surface area contributed by atoms with Gasteiger partial charge in [0.1, 0.15) is 0 Å². The number of hydrogen-bond acceptors (Lipinski definition) is 3. The van der Waals surface area contributed by atoms with Crippen molar-refractivity contribution in [2.75, 3.05) is 13.1 Å². The van der Waals surface area contributed by atoms with Crippen molar-refractivity contribution in [2.45, 2.75) is 11.3 Å². The summed E-state index contributed by atoms with van der Waals surface area (Å²) in [5.74, 6) is -0.855. The van der Waals surface area contributed by atoms with Crippen LogP contribution < -0.4 is 5.73 Å². The zero-order valence-electron chi connectivity index (χ0n) is 9.84. The minimum Gasteiger partial charge on any atom is -0.369 e. The molecule has 1 saturated heterocycles. The van der Waals surface area contributed by atoms with Gasteiger partial charge in [-0.05, 0) is 40.5 Å². The van der Waals surface area contributed by atoms with Crippen LogP contribution in [0.2, 0.25) is 0 Å². The molecule has 8 heteroatoms. The Morgan fingerprint density at radius 2 is 2.05 bits per heavy atom. The summed E-state index contributed by atoms with van der Waals surface area (Å²) in [6.07, 6.45) is 0.472. The SMILES string of the molecule is NC(=O)C1CCN(S(=O)(=O)c2cc(Br)ccc2Br)C1. The van der Waals surface area contributed by atoms with Gasteiger partial charge in [0.15, 0.2) is 0 Å². The van der Waals surface area contributed by atoms with Gasteiger partial charge in [-0.3, -0.25) is 4.79 Å². The molecule has 2 N–H and O–H groups in total. The molecule has 1 amide bonds. The summed E-state index contributed by atoms with van der Waals surface area (Å²) in [5.41, 5.74) is 5.22. The number of hydrogen-bond donors (Lipinski definition) is 1. The molecule has 104 valence electrons. The number of primary amides is 1. The minimum atomic E-state index is -3.61. The molecule has 1 aromatic rings. The maximum absolute atomic E-state index is 12.5. The molecule has 0 spiro atoms. The van der Waals surface area contributed by atoms with E-state index in [1.807, 2.05) is 0 Å². The first kappa shape index (κ1) is 15.0. The molecule has 1 aliphatic heterocycles. The Labute approximate surface area is 128 Å². The van der Waals surface area contributed by atoms with E-state index in [0.29, 0.717) is 21.9 Å². The largest absolute Gasteiger partial charge is 0.369 e. The summed E-state index contributed by atoms with van der Waals surface area (Å²) >= 11 is 6.49. The molecule has 1 unspecified atom stereocenters. The lowest BCUT2D eigenvalue weighted by Crippen LogP contribution is -2.32. The van der Waals surface area contributed by atoms with E-state index in [1.165, 1.54) is 10.4 Å². The third kappa shape index (κ3) is 3.01. The number of halogens is 2. The number of amides is 1. The molecule has 1 aliphatic rings. The number of rotatable bonds is 3. The average molecular weight is 412 g/mol. The number of nitrogens with two attached hydrogens (primary N) is 1. The normalized spacial score (nSPS) is 20.6. The zero-order chi connectivity index (χ0) is 14.2. The van der Waals surface area contributed by atoms with Crippen molar-refractivity contribution in [3.05, 3.63) is 27.1 Å². The molecule has 1 atom stereocenters. The topological polar surface area (TPSA) is 80.5 Å². The van der Waals surface area contributed by atoms with Crippen LogP contribution in [0.1, 0.15) is 6.42 Å². The average Bonchev–Trinajstić information content (AvgIpc) is 2.82. The van der Waals surface area contributed by atoms with E-state index < -0.39 is 21.8 Å². The molecule has 19 heavy (non-hydrogen) atoms. The van der Waals surface area contributed by atoms with Crippen LogP contribution in [0.4, 0.5) is 0 Å². The van der Waals surface area contributed by atoms with Crippen molar-refractivity contribution in [3.63, 3.8) is 0 Å². The Morgan fingerprint density at radius 3 is 2.63 bits per heavy atom. The Morgan fingerprint density at radius 1 is 1.37 bits per heavy atom. The van der Waals surface area contributed by atoms with E-state index in [4.69, 9.17) is 5.73 Å². The highest BCUT2D eigenvalue weighted by molar-refractivity contribution is 9.11. The second kappa shape index (κ2) is 5.51. The van der Waals surface area contributed by atoms with Crippen molar-refractivity contribution >= 4 is 47.8 Å². The first-order valence-corrected chi connectivity index (χ1v) is 8.59. The maximum Gasteiger partial charge on any atom is 0.244 e. The van der Waals surface area contributed by atoms with Crippen LogP contribution >= 0.6 is 31.9 Å². The van der Waals surface area contributed by atoms with Crippen molar-refractivity contribution in [2.24, 2.45) is 11.7 Å². The molecule has 0 aliphatic carbocycles. The van der Waals surface area contributed by atoms with Crippen molar-refractivity contribution in [1.29, 1.82) is 0 Å². The van der Waals surface area contributed by atoms with Gasteiger partial charge in [-0.15, -0.1) is 0 Å². The summed E-state index contributed by atoms with van der Waals surface area (Å²) in [7, 11) is -3.61. The van der Waals surface area contributed by atoms with Gasteiger partial charge in [-0.1, -0.05) is 15.9 Å². The quantitative estimate of drug-likeness (QED) is 0.821. The van der Waals surface area contributed by atoms with Gasteiger partial charge >= 0.3 is 0 Å². The predicted octanol–water partition coefficient (Wildman–Crippen LogP) is 1.71. The van der Waals surface area contributed by atoms with Crippen LogP contribution in [0.25, 0.3) is 0 Å². The number of benzene rings is 1. The second-order valence-electron chi connectivity index (χ2n) is 4.33. The molecule has 2 rings (SSSR count). The molecule has 0 saturated carbocycles. The summed E-state index contributed by atoms with van der Waals surface area (Å²) < 4.78 is 27.5. The highest BCUT2D eigenvalue weighted by Crippen LogP contribution is 2.31. The van der Waals surface area contributed by atoms with Gasteiger partial charge in [0.25, 0.3) is 0 Å². The summed E-state index contributed by atoms with van der Waals surface area (Å²) in [6.45, 7) is 0.464. The molecule has 1 aromatic carbocycles. The molecule has 0 radical (unpaired) electrons. The Bertz CT molecular complexity index is 618. The van der Waals surface area contributed by atoms with Crippen molar-refractivity contribution < 1.29 is 13.2 Å². The van der Waals surface area contributed by atoms with Gasteiger partial charge in [0, 0.05) is 22.0 Å². The van der Waals surface area contributed by atoms with Crippen LogP contribution in [-0.4, -0.2) is 31.7 Å². The van der Waals surface area contributed by atoms with E-state index in [1.54, 1.807) is 12.1 Å². The molecule has 1 fully saturated rings. The summed E-state index contributed by atoms with van der Waals surface area (Å²) in [6, 6.07) is 4.95. The van der Waals surface area contributed by atoms with Crippen LogP contribution in [0.5, 0.6) is 0 Å². The number of sulfonamides is 1. The van der Waals surface area contributed by atoms with E-state index in [0.717, 1.165) is 0 Å². The smallest absolute Gasteiger partial charge is 0.244 e. The molecule has 1 heterocycles. The van der Waals surface area contributed by atoms with Gasteiger partial charge in [-0.2, -0.15) is 4.31 Å². The predicted molar refractivity (Wildman–Crippen MR) is 77.9 cm³/mol. The monoisotopic (exact) mass is 410 g/mol. The van der Waals surface area contributed by atoms with E-state index >= 15 is 0 Å².